The van der Waals surface area contributed by atoms with Crippen molar-refractivity contribution in [2.45, 2.75) is 6.92 Å². The predicted molar refractivity (Wildman–Crippen MR) is 83.7 cm³/mol. The monoisotopic (exact) mass is 319 g/mol. The Kier molecular flexibility index (Phi) is 5.01. The molecule has 0 aliphatic heterocycles. The average molecular weight is 320 g/mol. The second kappa shape index (κ2) is 6.95. The third kappa shape index (κ3) is 4.23. The number of hydrogen-bond donors (Lipinski definition) is 2. The van der Waals surface area contributed by atoms with E-state index >= 15 is 0 Å². The van der Waals surface area contributed by atoms with E-state index in [9.17, 15) is 9.59 Å². The lowest BCUT2D eigenvalue weighted by Gasteiger charge is -2.10. The molecule has 0 heterocycles. The summed E-state index contributed by atoms with van der Waals surface area (Å²) in [5, 5.41) is 12.2. The van der Waals surface area contributed by atoms with Crippen LogP contribution in [0.15, 0.2) is 42.5 Å². The van der Waals surface area contributed by atoms with Crippen molar-refractivity contribution in [3.8, 4) is 5.75 Å². The first-order valence-corrected chi connectivity index (χ1v) is 6.85. The zero-order valence-corrected chi connectivity index (χ0v) is 12.6. The van der Waals surface area contributed by atoms with Gasteiger partial charge in [0.15, 0.2) is 6.61 Å². The molecular weight excluding hydrogens is 306 g/mol. The van der Waals surface area contributed by atoms with E-state index in [0.717, 1.165) is 5.56 Å². The summed E-state index contributed by atoms with van der Waals surface area (Å²) in [5.41, 5.74) is 1.08. The minimum atomic E-state index is -1.10. The Labute approximate surface area is 132 Å². The maximum absolute atomic E-state index is 11.9. The van der Waals surface area contributed by atoms with Gasteiger partial charge < -0.3 is 15.2 Å². The van der Waals surface area contributed by atoms with Crippen LogP contribution in [0.4, 0.5) is 5.69 Å². The van der Waals surface area contributed by atoms with Crippen molar-refractivity contribution in [1.29, 1.82) is 0 Å². The van der Waals surface area contributed by atoms with Gasteiger partial charge in [0.05, 0.1) is 11.3 Å². The molecule has 2 aromatic carbocycles. The van der Waals surface area contributed by atoms with Gasteiger partial charge in [-0.05, 0) is 43.3 Å². The van der Waals surface area contributed by atoms with Gasteiger partial charge in [-0.1, -0.05) is 23.2 Å². The number of ether oxygens (including phenoxy) is 1. The molecule has 0 radical (unpaired) electrons. The van der Waals surface area contributed by atoms with Gasteiger partial charge in [0.1, 0.15) is 5.75 Å². The van der Waals surface area contributed by atoms with E-state index in [1.807, 2.05) is 0 Å². The van der Waals surface area contributed by atoms with Crippen LogP contribution in [-0.2, 0) is 4.79 Å². The number of rotatable bonds is 5. The van der Waals surface area contributed by atoms with Crippen LogP contribution in [0.2, 0.25) is 5.02 Å². The molecule has 6 heteroatoms. The predicted octanol–water partition coefficient (Wildman–Crippen LogP) is 3.36. The Balaban J connectivity index is 2.00. The quantitative estimate of drug-likeness (QED) is 0.886. The number of nitrogens with one attached hydrogen (secondary N) is 1. The molecule has 114 valence electrons. The van der Waals surface area contributed by atoms with E-state index in [1.54, 1.807) is 43.3 Å². The van der Waals surface area contributed by atoms with Crippen molar-refractivity contribution >= 4 is 29.2 Å². The Morgan fingerprint density at radius 1 is 1.18 bits per heavy atom. The van der Waals surface area contributed by atoms with Crippen LogP contribution < -0.4 is 10.1 Å². The Hall–Kier alpha value is -2.53. The lowest BCUT2D eigenvalue weighted by atomic mass is 10.1. The first-order chi connectivity index (χ1) is 10.5. The van der Waals surface area contributed by atoms with Crippen molar-refractivity contribution in [2.75, 3.05) is 11.9 Å². The van der Waals surface area contributed by atoms with Crippen molar-refractivity contribution in [1.82, 2.24) is 0 Å². The standard InChI is InChI=1S/C16H14ClNO4/c1-10-2-7-14(13(8-10)16(20)21)18-15(19)9-22-12-5-3-11(17)4-6-12/h2-8H,9H2,1H3,(H,18,19)(H,20,21). The summed E-state index contributed by atoms with van der Waals surface area (Å²) in [7, 11) is 0. The third-order valence-corrected chi connectivity index (χ3v) is 3.12. The van der Waals surface area contributed by atoms with Crippen LogP contribution in [0.3, 0.4) is 0 Å². The van der Waals surface area contributed by atoms with Crippen molar-refractivity contribution in [3.05, 3.63) is 58.6 Å². The minimum Gasteiger partial charge on any atom is -0.484 e. The van der Waals surface area contributed by atoms with Crippen molar-refractivity contribution < 1.29 is 19.4 Å². The molecule has 2 N–H and O–H groups in total. The third-order valence-electron chi connectivity index (χ3n) is 2.86. The number of hydrogen-bond acceptors (Lipinski definition) is 3. The number of carboxylic acid groups (broad SMARTS) is 1. The first-order valence-electron chi connectivity index (χ1n) is 6.48. The van der Waals surface area contributed by atoms with E-state index in [0.29, 0.717) is 10.8 Å². The number of carbonyl (C=O) groups excluding carboxylic acids is 1. The molecule has 0 aliphatic rings. The van der Waals surface area contributed by atoms with Gasteiger partial charge in [-0.15, -0.1) is 0 Å². The molecule has 0 aromatic heterocycles. The van der Waals surface area contributed by atoms with Gasteiger partial charge in [0.2, 0.25) is 0 Å². The summed E-state index contributed by atoms with van der Waals surface area (Å²) in [6.07, 6.45) is 0. The van der Waals surface area contributed by atoms with Crippen LogP contribution in [0.1, 0.15) is 15.9 Å². The highest BCUT2D eigenvalue weighted by Crippen LogP contribution is 2.18. The fourth-order valence-electron chi connectivity index (χ4n) is 1.81. The molecule has 0 aliphatic carbocycles. The normalized spacial score (nSPS) is 10.1. The zero-order valence-electron chi connectivity index (χ0n) is 11.8. The summed E-state index contributed by atoms with van der Waals surface area (Å²) in [5.74, 6) is -1.04. The topological polar surface area (TPSA) is 75.6 Å². The molecular formula is C16H14ClNO4. The highest BCUT2D eigenvalue weighted by molar-refractivity contribution is 6.30. The number of carbonyl (C=O) groups is 2. The number of aromatic carboxylic acids is 1. The summed E-state index contributed by atoms with van der Waals surface area (Å²) in [6.45, 7) is 1.55. The van der Waals surface area contributed by atoms with E-state index in [2.05, 4.69) is 5.32 Å². The zero-order chi connectivity index (χ0) is 16.1. The summed E-state index contributed by atoms with van der Waals surface area (Å²) in [4.78, 5) is 23.0. The highest BCUT2D eigenvalue weighted by Gasteiger charge is 2.13. The SMILES string of the molecule is Cc1ccc(NC(=O)COc2ccc(Cl)cc2)c(C(=O)O)c1. The number of benzene rings is 2. The molecule has 0 saturated carbocycles. The van der Waals surface area contributed by atoms with Gasteiger partial charge >= 0.3 is 5.97 Å². The van der Waals surface area contributed by atoms with Crippen molar-refractivity contribution in [3.63, 3.8) is 0 Å². The molecule has 0 atom stereocenters. The van der Waals surface area contributed by atoms with E-state index in [1.165, 1.54) is 6.07 Å². The van der Waals surface area contributed by atoms with E-state index in [4.69, 9.17) is 21.4 Å². The van der Waals surface area contributed by atoms with Gasteiger partial charge in [0.25, 0.3) is 5.91 Å². The van der Waals surface area contributed by atoms with Crippen LogP contribution in [0.5, 0.6) is 5.75 Å². The van der Waals surface area contributed by atoms with Crippen LogP contribution in [0.25, 0.3) is 0 Å². The molecule has 0 fully saturated rings. The Morgan fingerprint density at radius 3 is 2.50 bits per heavy atom. The number of amides is 1. The molecule has 0 saturated heterocycles. The summed E-state index contributed by atoms with van der Waals surface area (Å²) in [6, 6.07) is 11.4. The highest BCUT2D eigenvalue weighted by atomic mass is 35.5. The number of anilines is 1. The summed E-state index contributed by atoms with van der Waals surface area (Å²) < 4.78 is 5.30. The maximum atomic E-state index is 11.9. The molecule has 0 unspecified atom stereocenters. The largest absolute Gasteiger partial charge is 0.484 e. The van der Waals surface area contributed by atoms with E-state index in [-0.39, 0.29) is 17.9 Å². The molecule has 0 spiro atoms. The van der Waals surface area contributed by atoms with Gasteiger partial charge in [-0.2, -0.15) is 0 Å². The van der Waals surface area contributed by atoms with Crippen LogP contribution in [-0.4, -0.2) is 23.6 Å². The molecule has 1 amide bonds. The van der Waals surface area contributed by atoms with Gasteiger partial charge in [-0.3, -0.25) is 4.79 Å². The van der Waals surface area contributed by atoms with E-state index < -0.39 is 11.9 Å². The maximum Gasteiger partial charge on any atom is 0.337 e. The summed E-state index contributed by atoms with van der Waals surface area (Å²) >= 11 is 5.75. The second-order valence-electron chi connectivity index (χ2n) is 4.64. The van der Waals surface area contributed by atoms with Gasteiger partial charge in [-0.25, -0.2) is 4.79 Å². The Bertz CT molecular complexity index is 698. The minimum absolute atomic E-state index is 0.0415. The smallest absolute Gasteiger partial charge is 0.337 e. The molecule has 5 nitrogen and oxygen atoms in total. The van der Waals surface area contributed by atoms with Crippen LogP contribution >= 0.6 is 11.6 Å². The number of halogens is 1. The lowest BCUT2D eigenvalue weighted by Crippen LogP contribution is -2.21. The Morgan fingerprint density at radius 2 is 1.86 bits per heavy atom. The number of carboxylic acids is 1. The lowest BCUT2D eigenvalue weighted by molar-refractivity contribution is -0.118. The second-order valence-corrected chi connectivity index (χ2v) is 5.08. The fourth-order valence-corrected chi connectivity index (χ4v) is 1.94. The number of aryl methyl sites for hydroxylation is 1. The molecule has 2 aromatic rings. The molecule has 0 bridgehead atoms. The van der Waals surface area contributed by atoms with Crippen LogP contribution in [0, 0.1) is 6.92 Å². The van der Waals surface area contributed by atoms with Gasteiger partial charge in [0, 0.05) is 5.02 Å². The first kappa shape index (κ1) is 15.9. The fraction of sp³-hybridized carbons (Fsp3) is 0.125. The molecule has 22 heavy (non-hydrogen) atoms. The van der Waals surface area contributed by atoms with Crippen molar-refractivity contribution in [2.24, 2.45) is 0 Å². The average Bonchev–Trinajstić information content (AvgIpc) is 2.48. The molecule has 2 rings (SSSR count).